The Balaban J connectivity index is 2.82. The lowest BCUT2D eigenvalue weighted by Crippen LogP contribution is -2.54. The van der Waals surface area contributed by atoms with Gasteiger partial charge in [0.05, 0.1) is 12.6 Å². The van der Waals surface area contributed by atoms with Gasteiger partial charge in [-0.15, -0.1) is 0 Å². The molecule has 0 bridgehead atoms. The highest BCUT2D eigenvalue weighted by Gasteiger charge is 2.27. The summed E-state index contributed by atoms with van der Waals surface area (Å²) in [5, 5.41) is 34.4. The number of nitrogens with two attached hydrogens (primary N) is 1. The van der Waals surface area contributed by atoms with E-state index in [1.54, 1.807) is 0 Å². The van der Waals surface area contributed by atoms with Crippen molar-refractivity contribution in [3.8, 4) is 5.75 Å². The molecule has 0 heterocycles. The van der Waals surface area contributed by atoms with E-state index in [-0.39, 0.29) is 18.6 Å². The van der Waals surface area contributed by atoms with Gasteiger partial charge in [-0.1, -0.05) is 12.1 Å². The molecule has 0 spiro atoms. The second kappa shape index (κ2) is 12.1. The maximum Gasteiger partial charge on any atom is 0.326 e. The van der Waals surface area contributed by atoms with Crippen molar-refractivity contribution in [3.05, 3.63) is 29.8 Å². The molecule has 0 aliphatic heterocycles. The first kappa shape index (κ1) is 25.4. The van der Waals surface area contributed by atoms with Crippen LogP contribution in [0.1, 0.15) is 25.3 Å². The summed E-state index contributed by atoms with van der Waals surface area (Å²) < 4.78 is 0. The Morgan fingerprint density at radius 2 is 1.58 bits per heavy atom. The minimum atomic E-state index is -1.36. The van der Waals surface area contributed by atoms with Gasteiger partial charge < -0.3 is 37.0 Å². The first-order chi connectivity index (χ1) is 14.5. The predicted molar refractivity (Wildman–Crippen MR) is 107 cm³/mol. The summed E-state index contributed by atoms with van der Waals surface area (Å²) >= 11 is 0. The molecule has 170 valence electrons. The van der Waals surface area contributed by atoms with Crippen LogP contribution in [-0.4, -0.2) is 69.7 Å². The van der Waals surface area contributed by atoms with Crippen LogP contribution in [0.5, 0.6) is 5.75 Å². The quantitative estimate of drug-likeness (QED) is 0.198. The Morgan fingerprint density at radius 3 is 2.10 bits per heavy atom. The number of carboxylic acids is 2. The Kier molecular flexibility index (Phi) is 9.92. The smallest absolute Gasteiger partial charge is 0.326 e. The lowest BCUT2D eigenvalue weighted by atomic mass is 10.0. The summed E-state index contributed by atoms with van der Waals surface area (Å²) in [7, 11) is 0. The first-order valence-corrected chi connectivity index (χ1v) is 9.35. The molecule has 0 aliphatic rings. The van der Waals surface area contributed by atoms with Gasteiger partial charge in [0, 0.05) is 12.8 Å². The number of rotatable bonds is 12. The van der Waals surface area contributed by atoms with Crippen LogP contribution >= 0.6 is 0 Å². The van der Waals surface area contributed by atoms with Crippen LogP contribution in [0.2, 0.25) is 0 Å². The monoisotopic (exact) mass is 438 g/mol. The van der Waals surface area contributed by atoms with E-state index in [2.05, 4.69) is 16.0 Å². The number of phenols is 1. The van der Waals surface area contributed by atoms with Crippen LogP contribution in [0.4, 0.5) is 0 Å². The number of amides is 3. The standard InChI is InChI=1S/C19H26N4O8/c1-10(20)17(28)21-9-15(25)22-13(6-7-16(26)27)18(29)23-14(19(30)31)8-11-2-4-12(24)5-3-11/h2-5,10,13-14,24H,6-9,20H2,1H3,(H,21,28)(H,22,25)(H,23,29)(H,26,27)(H,30,31). The highest BCUT2D eigenvalue weighted by Crippen LogP contribution is 2.12. The molecule has 1 aromatic carbocycles. The van der Waals surface area contributed by atoms with E-state index < -0.39 is 60.8 Å². The summed E-state index contributed by atoms with van der Waals surface area (Å²) in [4.78, 5) is 58.5. The summed E-state index contributed by atoms with van der Waals surface area (Å²) in [6, 6.07) is 2.15. The van der Waals surface area contributed by atoms with Gasteiger partial charge in [-0.25, -0.2) is 4.79 Å². The third-order valence-electron chi connectivity index (χ3n) is 4.13. The Labute approximate surface area is 177 Å². The highest BCUT2D eigenvalue weighted by molar-refractivity contribution is 5.92. The third kappa shape index (κ3) is 9.58. The van der Waals surface area contributed by atoms with E-state index in [1.807, 2.05) is 0 Å². The van der Waals surface area contributed by atoms with Crippen molar-refractivity contribution in [2.24, 2.45) is 5.73 Å². The van der Waals surface area contributed by atoms with E-state index in [0.717, 1.165) is 0 Å². The van der Waals surface area contributed by atoms with Gasteiger partial charge in [-0.05, 0) is 31.0 Å². The second-order valence-corrected chi connectivity index (χ2v) is 6.83. The van der Waals surface area contributed by atoms with Crippen molar-refractivity contribution >= 4 is 29.7 Å². The van der Waals surface area contributed by atoms with Gasteiger partial charge in [0.1, 0.15) is 17.8 Å². The molecule has 3 atom stereocenters. The van der Waals surface area contributed by atoms with Crippen molar-refractivity contribution in [2.75, 3.05) is 6.54 Å². The minimum absolute atomic E-state index is 0.00720. The fourth-order valence-corrected chi connectivity index (χ4v) is 2.45. The van der Waals surface area contributed by atoms with E-state index in [9.17, 15) is 34.2 Å². The number of carbonyl (C=O) groups is 5. The zero-order valence-electron chi connectivity index (χ0n) is 16.8. The zero-order chi connectivity index (χ0) is 23.6. The van der Waals surface area contributed by atoms with Crippen LogP contribution in [0.15, 0.2) is 24.3 Å². The number of phenolic OH excluding ortho intramolecular Hbond substituents is 1. The molecule has 8 N–H and O–H groups in total. The minimum Gasteiger partial charge on any atom is -0.508 e. The lowest BCUT2D eigenvalue weighted by Gasteiger charge is -2.21. The molecular weight excluding hydrogens is 412 g/mol. The zero-order valence-corrected chi connectivity index (χ0v) is 16.8. The van der Waals surface area contributed by atoms with Gasteiger partial charge in [0.15, 0.2) is 0 Å². The van der Waals surface area contributed by atoms with Crippen molar-refractivity contribution in [2.45, 2.75) is 44.3 Å². The molecule has 12 heteroatoms. The molecule has 3 unspecified atom stereocenters. The second-order valence-electron chi connectivity index (χ2n) is 6.83. The van der Waals surface area contributed by atoms with Crippen molar-refractivity contribution in [3.63, 3.8) is 0 Å². The number of carboxylic acid groups (broad SMARTS) is 2. The number of nitrogens with one attached hydrogen (secondary N) is 3. The number of carbonyl (C=O) groups excluding carboxylic acids is 3. The largest absolute Gasteiger partial charge is 0.508 e. The Morgan fingerprint density at radius 1 is 0.968 bits per heavy atom. The van der Waals surface area contributed by atoms with Crippen molar-refractivity contribution in [1.29, 1.82) is 0 Å². The Hall–Kier alpha value is -3.67. The third-order valence-corrected chi connectivity index (χ3v) is 4.13. The van der Waals surface area contributed by atoms with Gasteiger partial charge in [0.25, 0.3) is 0 Å². The van der Waals surface area contributed by atoms with E-state index in [0.29, 0.717) is 5.56 Å². The summed E-state index contributed by atoms with van der Waals surface area (Å²) in [6.45, 7) is 0.920. The lowest BCUT2D eigenvalue weighted by molar-refractivity contribution is -0.143. The van der Waals surface area contributed by atoms with Crippen molar-refractivity contribution in [1.82, 2.24) is 16.0 Å². The van der Waals surface area contributed by atoms with E-state index in [4.69, 9.17) is 10.8 Å². The normalized spacial score (nSPS) is 13.4. The molecule has 0 aromatic heterocycles. The molecule has 0 fully saturated rings. The predicted octanol–water partition coefficient (Wildman–Crippen LogP) is -1.68. The molecule has 0 saturated heterocycles. The SMILES string of the molecule is CC(N)C(=O)NCC(=O)NC(CCC(=O)O)C(=O)NC(Cc1ccc(O)cc1)C(=O)O. The topological polar surface area (TPSA) is 208 Å². The Bertz CT molecular complexity index is 810. The van der Waals surface area contributed by atoms with Crippen molar-refractivity contribution < 1.29 is 39.3 Å². The van der Waals surface area contributed by atoms with Gasteiger partial charge in [0.2, 0.25) is 17.7 Å². The van der Waals surface area contributed by atoms with Crippen LogP contribution in [-0.2, 0) is 30.4 Å². The molecule has 0 saturated carbocycles. The average molecular weight is 438 g/mol. The summed E-state index contributed by atoms with van der Waals surface area (Å²) in [6.07, 6.45) is -0.856. The van der Waals surface area contributed by atoms with Crippen LogP contribution < -0.4 is 21.7 Å². The number of hydrogen-bond acceptors (Lipinski definition) is 7. The average Bonchev–Trinajstić information content (AvgIpc) is 2.69. The first-order valence-electron chi connectivity index (χ1n) is 9.35. The number of benzene rings is 1. The highest BCUT2D eigenvalue weighted by atomic mass is 16.4. The van der Waals surface area contributed by atoms with E-state index in [1.165, 1.54) is 31.2 Å². The fraction of sp³-hybridized carbons (Fsp3) is 0.421. The number of aliphatic carboxylic acids is 2. The van der Waals surface area contributed by atoms with E-state index >= 15 is 0 Å². The van der Waals surface area contributed by atoms with Gasteiger partial charge in [-0.2, -0.15) is 0 Å². The molecule has 0 aliphatic carbocycles. The van der Waals surface area contributed by atoms with Crippen LogP contribution in [0.3, 0.4) is 0 Å². The molecule has 1 aromatic rings. The molecule has 3 amide bonds. The molecule has 12 nitrogen and oxygen atoms in total. The van der Waals surface area contributed by atoms with Gasteiger partial charge >= 0.3 is 11.9 Å². The molecule has 0 radical (unpaired) electrons. The molecular formula is C19H26N4O8. The summed E-state index contributed by atoms with van der Waals surface area (Å²) in [5.74, 6) is -4.82. The molecule has 31 heavy (non-hydrogen) atoms. The van der Waals surface area contributed by atoms with Crippen LogP contribution in [0.25, 0.3) is 0 Å². The number of aromatic hydroxyl groups is 1. The maximum atomic E-state index is 12.6. The number of hydrogen-bond donors (Lipinski definition) is 7. The maximum absolute atomic E-state index is 12.6. The summed E-state index contributed by atoms with van der Waals surface area (Å²) in [5.41, 5.74) is 5.89. The van der Waals surface area contributed by atoms with Crippen LogP contribution in [0, 0.1) is 0 Å². The van der Waals surface area contributed by atoms with Gasteiger partial charge in [-0.3, -0.25) is 19.2 Å². The fourth-order valence-electron chi connectivity index (χ4n) is 2.45. The molecule has 1 rings (SSSR count).